The Morgan fingerprint density at radius 1 is 1.44 bits per heavy atom. The molecule has 4 nitrogen and oxygen atoms in total. The van der Waals surface area contributed by atoms with E-state index in [1.54, 1.807) is 11.3 Å². The highest BCUT2D eigenvalue weighted by atomic mass is 32.1. The van der Waals surface area contributed by atoms with E-state index in [2.05, 4.69) is 0 Å². The Labute approximate surface area is 97.5 Å². The number of carbonyl (C=O) groups excluding carboxylic acids is 1. The monoisotopic (exact) mass is 235 g/mol. The molecule has 0 fully saturated rings. The number of nitrogens with two attached hydrogens (primary N) is 2. The van der Waals surface area contributed by atoms with E-state index >= 15 is 0 Å². The van der Waals surface area contributed by atoms with E-state index in [9.17, 15) is 4.79 Å². The second-order valence-corrected chi connectivity index (χ2v) is 4.49. The zero-order chi connectivity index (χ0) is 11.5. The van der Waals surface area contributed by atoms with Crippen molar-refractivity contribution in [1.29, 1.82) is 0 Å². The molecule has 2 heterocycles. The Morgan fingerprint density at radius 2 is 2.12 bits per heavy atom. The van der Waals surface area contributed by atoms with Crippen molar-refractivity contribution < 1.29 is 4.79 Å². The van der Waals surface area contributed by atoms with Crippen LogP contribution in [0.2, 0.25) is 0 Å². The summed E-state index contributed by atoms with van der Waals surface area (Å²) >= 11 is 1.54. The van der Waals surface area contributed by atoms with Gasteiger partial charge in [-0.15, -0.1) is 11.3 Å². The Hall–Kier alpha value is -1.59. The number of thiophene rings is 1. The quantitative estimate of drug-likeness (QED) is 0.841. The van der Waals surface area contributed by atoms with Crippen LogP contribution in [-0.4, -0.2) is 10.5 Å². The summed E-state index contributed by atoms with van der Waals surface area (Å²) in [6, 6.07) is 5.55. The van der Waals surface area contributed by atoms with Crippen LogP contribution in [0.3, 0.4) is 0 Å². The van der Waals surface area contributed by atoms with Crippen LogP contribution in [0.1, 0.15) is 17.3 Å². The number of aromatic nitrogens is 1. The van der Waals surface area contributed by atoms with Crippen LogP contribution in [0, 0.1) is 0 Å². The van der Waals surface area contributed by atoms with Crippen LogP contribution in [0.5, 0.6) is 0 Å². The topological polar surface area (TPSA) is 74.0 Å². The summed E-state index contributed by atoms with van der Waals surface area (Å²) in [5.41, 5.74) is 12.1. The van der Waals surface area contributed by atoms with Gasteiger partial charge in [0.05, 0.1) is 5.69 Å². The summed E-state index contributed by atoms with van der Waals surface area (Å²) in [5.74, 6) is -0.376. The molecule has 84 valence electrons. The Morgan fingerprint density at radius 3 is 2.75 bits per heavy atom. The number of primary amides is 1. The Kier molecular flexibility index (Phi) is 3.07. The van der Waals surface area contributed by atoms with Crippen LogP contribution < -0.4 is 11.5 Å². The van der Waals surface area contributed by atoms with E-state index in [1.807, 2.05) is 40.5 Å². The molecule has 0 spiro atoms. The number of hydrogen-bond acceptors (Lipinski definition) is 3. The molecule has 2 rings (SSSR count). The molecule has 0 aliphatic carbocycles. The number of carbonyl (C=O) groups is 1. The smallest absolute Gasteiger partial charge is 0.219 e. The predicted octanol–water partition coefficient (Wildman–Crippen LogP) is 1.41. The third kappa shape index (κ3) is 2.15. The summed E-state index contributed by atoms with van der Waals surface area (Å²) in [4.78, 5) is 11.8. The summed E-state index contributed by atoms with van der Waals surface area (Å²) in [6.07, 6.45) is 4.07. The Balaban J connectivity index is 2.29. The molecule has 1 atom stereocenters. The van der Waals surface area contributed by atoms with Crippen molar-refractivity contribution in [1.82, 2.24) is 4.57 Å². The van der Waals surface area contributed by atoms with E-state index < -0.39 is 0 Å². The maximum Gasteiger partial charge on any atom is 0.219 e. The van der Waals surface area contributed by atoms with Crippen LogP contribution in [0.25, 0.3) is 5.69 Å². The van der Waals surface area contributed by atoms with Gasteiger partial charge in [-0.1, -0.05) is 0 Å². The van der Waals surface area contributed by atoms with Gasteiger partial charge in [0.25, 0.3) is 0 Å². The number of amides is 1. The molecular weight excluding hydrogens is 222 g/mol. The molecule has 4 N–H and O–H groups in total. The van der Waals surface area contributed by atoms with Crippen molar-refractivity contribution in [3.05, 3.63) is 40.8 Å². The molecule has 2 aromatic heterocycles. The van der Waals surface area contributed by atoms with E-state index in [-0.39, 0.29) is 18.4 Å². The third-order valence-electron chi connectivity index (χ3n) is 2.31. The highest BCUT2D eigenvalue weighted by molar-refractivity contribution is 7.10. The molecule has 0 aliphatic heterocycles. The average Bonchev–Trinajstić information content (AvgIpc) is 2.87. The average molecular weight is 235 g/mol. The van der Waals surface area contributed by atoms with Gasteiger partial charge < -0.3 is 16.0 Å². The molecule has 2 aromatic rings. The molecule has 1 amide bonds. The second kappa shape index (κ2) is 4.51. The van der Waals surface area contributed by atoms with Crippen LogP contribution in [0.4, 0.5) is 0 Å². The van der Waals surface area contributed by atoms with Crippen molar-refractivity contribution in [2.75, 3.05) is 0 Å². The number of hydrogen-bond donors (Lipinski definition) is 2. The summed E-state index contributed by atoms with van der Waals surface area (Å²) in [6.45, 7) is 0. The zero-order valence-corrected chi connectivity index (χ0v) is 9.48. The minimum absolute atomic E-state index is 0.175. The molecule has 0 bridgehead atoms. The first-order valence-electron chi connectivity index (χ1n) is 4.93. The maximum absolute atomic E-state index is 10.8. The molecule has 0 radical (unpaired) electrons. The highest BCUT2D eigenvalue weighted by Crippen LogP contribution is 2.28. The third-order valence-corrected chi connectivity index (χ3v) is 3.35. The van der Waals surface area contributed by atoms with Gasteiger partial charge in [-0.05, 0) is 23.6 Å². The number of nitrogens with zero attached hydrogens (tertiary/aromatic N) is 1. The lowest BCUT2D eigenvalue weighted by molar-refractivity contribution is -0.118. The summed E-state index contributed by atoms with van der Waals surface area (Å²) in [7, 11) is 0. The largest absolute Gasteiger partial charge is 0.370 e. The molecule has 16 heavy (non-hydrogen) atoms. The maximum atomic E-state index is 10.8. The standard InChI is InChI=1S/C11H13N3OS/c12-8(7-10(13)15)11-9(3-6-16-11)14-4-1-2-5-14/h1-6,8H,7,12H2,(H2,13,15). The highest BCUT2D eigenvalue weighted by Gasteiger charge is 2.15. The Bertz CT molecular complexity index is 475. The molecule has 5 heteroatoms. The molecule has 0 saturated carbocycles. The SMILES string of the molecule is NC(=O)CC(N)c1sccc1-n1cccc1. The van der Waals surface area contributed by atoms with Gasteiger partial charge in [0.15, 0.2) is 0 Å². The van der Waals surface area contributed by atoms with Crippen molar-refractivity contribution in [2.24, 2.45) is 11.5 Å². The summed E-state index contributed by atoms with van der Waals surface area (Å²) in [5, 5.41) is 1.96. The first kappa shape index (κ1) is 10.9. The zero-order valence-electron chi connectivity index (χ0n) is 8.67. The van der Waals surface area contributed by atoms with Crippen LogP contribution in [0.15, 0.2) is 36.0 Å². The first-order valence-corrected chi connectivity index (χ1v) is 5.81. The molecular formula is C11H13N3OS. The first-order chi connectivity index (χ1) is 7.68. The van der Waals surface area contributed by atoms with Crippen LogP contribution >= 0.6 is 11.3 Å². The molecule has 0 saturated heterocycles. The lowest BCUT2D eigenvalue weighted by atomic mass is 10.1. The van der Waals surface area contributed by atoms with E-state index in [1.165, 1.54) is 0 Å². The van der Waals surface area contributed by atoms with Gasteiger partial charge >= 0.3 is 0 Å². The second-order valence-electron chi connectivity index (χ2n) is 3.54. The number of rotatable bonds is 4. The minimum atomic E-state index is -0.376. The van der Waals surface area contributed by atoms with Gasteiger partial charge in [-0.2, -0.15) is 0 Å². The minimum Gasteiger partial charge on any atom is -0.370 e. The van der Waals surface area contributed by atoms with E-state index in [4.69, 9.17) is 11.5 Å². The normalized spacial score (nSPS) is 12.6. The van der Waals surface area contributed by atoms with Crippen molar-refractivity contribution in [3.63, 3.8) is 0 Å². The van der Waals surface area contributed by atoms with Gasteiger partial charge in [0, 0.05) is 29.7 Å². The van der Waals surface area contributed by atoms with Gasteiger partial charge in [0.1, 0.15) is 0 Å². The van der Waals surface area contributed by atoms with E-state index in [0.717, 1.165) is 10.6 Å². The fraction of sp³-hybridized carbons (Fsp3) is 0.182. The molecule has 0 aromatic carbocycles. The lowest BCUT2D eigenvalue weighted by Gasteiger charge is -2.11. The van der Waals surface area contributed by atoms with Crippen molar-refractivity contribution in [3.8, 4) is 5.69 Å². The fourth-order valence-corrected chi connectivity index (χ4v) is 2.51. The van der Waals surface area contributed by atoms with Gasteiger partial charge in [-0.3, -0.25) is 4.79 Å². The van der Waals surface area contributed by atoms with Crippen LogP contribution in [-0.2, 0) is 4.79 Å². The van der Waals surface area contributed by atoms with Gasteiger partial charge in [-0.25, -0.2) is 0 Å². The van der Waals surface area contributed by atoms with Crippen molar-refractivity contribution >= 4 is 17.2 Å². The fourth-order valence-electron chi connectivity index (χ4n) is 1.61. The van der Waals surface area contributed by atoms with E-state index in [0.29, 0.717) is 0 Å². The van der Waals surface area contributed by atoms with Gasteiger partial charge in [0.2, 0.25) is 5.91 Å². The molecule has 1 unspecified atom stereocenters. The lowest BCUT2D eigenvalue weighted by Crippen LogP contribution is -2.20. The van der Waals surface area contributed by atoms with Crippen molar-refractivity contribution in [2.45, 2.75) is 12.5 Å². The predicted molar refractivity (Wildman–Crippen MR) is 64.4 cm³/mol. The molecule has 0 aliphatic rings. The summed E-state index contributed by atoms with van der Waals surface area (Å²) < 4.78 is 1.98.